The highest BCUT2D eigenvalue weighted by Crippen LogP contribution is 2.29. The number of hydrazine groups is 1. The van der Waals surface area contributed by atoms with Crippen molar-refractivity contribution in [2.75, 3.05) is 11.2 Å². The molecule has 0 aliphatic heterocycles. The largest absolute Gasteiger partial charge is 0.273 e. The summed E-state index contributed by atoms with van der Waals surface area (Å²) in [5.74, 6) is 0.283. The van der Waals surface area contributed by atoms with Crippen molar-refractivity contribution in [1.29, 1.82) is 0 Å². The lowest BCUT2D eigenvalue weighted by atomic mass is 10.1. The van der Waals surface area contributed by atoms with Crippen LogP contribution in [0.25, 0.3) is 10.2 Å². The van der Waals surface area contributed by atoms with Gasteiger partial charge < -0.3 is 0 Å². The van der Waals surface area contributed by atoms with Gasteiger partial charge in [-0.3, -0.25) is 15.6 Å². The Kier molecular flexibility index (Phi) is 4.83. The van der Waals surface area contributed by atoms with Crippen molar-refractivity contribution in [2.24, 2.45) is 0 Å². The Balaban J connectivity index is 1.57. The first-order chi connectivity index (χ1) is 11.1. The number of thiazole rings is 1. The Labute approximate surface area is 143 Å². The molecule has 2 aromatic carbocycles. The zero-order valence-corrected chi connectivity index (χ0v) is 14.6. The Morgan fingerprint density at radius 1 is 1.22 bits per heavy atom. The molecule has 3 rings (SSSR count). The first kappa shape index (κ1) is 15.8. The van der Waals surface area contributed by atoms with E-state index in [-0.39, 0.29) is 5.91 Å². The number of anilines is 1. The molecule has 1 heterocycles. The van der Waals surface area contributed by atoms with Crippen LogP contribution in [0, 0.1) is 13.8 Å². The quantitative estimate of drug-likeness (QED) is 0.540. The highest BCUT2D eigenvalue weighted by Gasteiger charge is 2.08. The molecule has 1 aromatic heterocycles. The van der Waals surface area contributed by atoms with Crippen LogP contribution >= 0.6 is 23.1 Å². The molecule has 2 N–H and O–H groups in total. The SMILES string of the molecule is Cc1cc(C)c2sc(NNC(=O)CSc3ccccc3)nc2c1. The summed E-state index contributed by atoms with van der Waals surface area (Å²) in [5.41, 5.74) is 8.97. The Morgan fingerprint density at radius 3 is 2.78 bits per heavy atom. The van der Waals surface area contributed by atoms with Crippen molar-refractivity contribution in [3.05, 3.63) is 53.6 Å². The molecule has 0 spiro atoms. The number of hydrogen-bond acceptors (Lipinski definition) is 5. The number of aryl methyl sites for hydroxylation is 2. The van der Waals surface area contributed by atoms with E-state index in [1.165, 1.54) is 22.9 Å². The van der Waals surface area contributed by atoms with E-state index in [2.05, 4.69) is 41.8 Å². The molecule has 0 aliphatic rings. The van der Waals surface area contributed by atoms with Crippen molar-refractivity contribution in [2.45, 2.75) is 18.7 Å². The predicted octanol–water partition coefficient (Wildman–Crippen LogP) is 4.15. The minimum Gasteiger partial charge on any atom is -0.273 e. The maximum absolute atomic E-state index is 11.9. The van der Waals surface area contributed by atoms with Crippen LogP contribution in [0.3, 0.4) is 0 Å². The van der Waals surface area contributed by atoms with Gasteiger partial charge >= 0.3 is 0 Å². The van der Waals surface area contributed by atoms with Crippen LogP contribution in [0.5, 0.6) is 0 Å². The minimum atomic E-state index is -0.0778. The van der Waals surface area contributed by atoms with E-state index in [1.54, 1.807) is 11.3 Å². The summed E-state index contributed by atoms with van der Waals surface area (Å²) in [6.45, 7) is 4.13. The maximum Gasteiger partial charge on any atom is 0.248 e. The van der Waals surface area contributed by atoms with E-state index >= 15 is 0 Å². The molecule has 0 unspecified atom stereocenters. The summed E-state index contributed by atoms with van der Waals surface area (Å²) in [5, 5.41) is 0.701. The molecule has 0 radical (unpaired) electrons. The zero-order valence-electron chi connectivity index (χ0n) is 12.9. The van der Waals surface area contributed by atoms with Gasteiger partial charge in [0.1, 0.15) is 0 Å². The van der Waals surface area contributed by atoms with E-state index < -0.39 is 0 Å². The average molecular weight is 343 g/mol. The lowest BCUT2D eigenvalue weighted by molar-refractivity contribution is -0.118. The monoisotopic (exact) mass is 343 g/mol. The van der Waals surface area contributed by atoms with Gasteiger partial charge in [0.15, 0.2) is 0 Å². The van der Waals surface area contributed by atoms with Crippen LogP contribution < -0.4 is 10.9 Å². The van der Waals surface area contributed by atoms with E-state index in [1.807, 2.05) is 30.3 Å². The molecule has 0 aliphatic carbocycles. The second kappa shape index (κ2) is 7.02. The molecule has 1 amide bonds. The first-order valence-corrected chi connectivity index (χ1v) is 9.02. The van der Waals surface area contributed by atoms with Gasteiger partial charge in [0.2, 0.25) is 11.0 Å². The van der Waals surface area contributed by atoms with E-state index in [0.29, 0.717) is 10.9 Å². The van der Waals surface area contributed by atoms with Crippen LogP contribution in [-0.2, 0) is 4.79 Å². The molecular formula is C17H17N3OS2. The predicted molar refractivity (Wildman–Crippen MR) is 98.0 cm³/mol. The van der Waals surface area contributed by atoms with Gasteiger partial charge in [-0.1, -0.05) is 35.6 Å². The van der Waals surface area contributed by atoms with Crippen LogP contribution in [0.4, 0.5) is 5.13 Å². The molecular weight excluding hydrogens is 326 g/mol. The zero-order chi connectivity index (χ0) is 16.2. The summed E-state index contributed by atoms with van der Waals surface area (Å²) in [4.78, 5) is 17.5. The standard InChI is InChI=1S/C17H17N3OS2/c1-11-8-12(2)16-14(9-11)18-17(23-16)20-19-15(21)10-22-13-6-4-3-5-7-13/h3-9H,10H2,1-2H3,(H,18,20)(H,19,21). The van der Waals surface area contributed by atoms with Crippen molar-refractivity contribution in [3.8, 4) is 0 Å². The van der Waals surface area contributed by atoms with Crippen molar-refractivity contribution >= 4 is 44.4 Å². The summed E-state index contributed by atoms with van der Waals surface area (Å²) in [7, 11) is 0. The van der Waals surface area contributed by atoms with Gasteiger partial charge in [0, 0.05) is 4.90 Å². The molecule has 6 heteroatoms. The van der Waals surface area contributed by atoms with Gasteiger partial charge in [-0.25, -0.2) is 4.98 Å². The minimum absolute atomic E-state index is 0.0778. The third-order valence-corrected chi connectivity index (χ3v) is 5.38. The van der Waals surface area contributed by atoms with E-state index in [0.717, 1.165) is 15.1 Å². The number of benzene rings is 2. The number of thioether (sulfide) groups is 1. The number of fused-ring (bicyclic) bond motifs is 1. The number of carbonyl (C=O) groups is 1. The molecule has 0 bridgehead atoms. The summed E-state index contributed by atoms with van der Waals surface area (Å²) in [6.07, 6.45) is 0. The van der Waals surface area contributed by atoms with Crippen molar-refractivity contribution in [1.82, 2.24) is 10.4 Å². The highest BCUT2D eigenvalue weighted by atomic mass is 32.2. The molecule has 0 atom stereocenters. The van der Waals surface area contributed by atoms with Gasteiger partial charge in [-0.05, 0) is 43.2 Å². The lowest BCUT2D eigenvalue weighted by Crippen LogP contribution is -2.30. The summed E-state index contributed by atoms with van der Waals surface area (Å²) < 4.78 is 1.14. The topological polar surface area (TPSA) is 54.0 Å². The first-order valence-electron chi connectivity index (χ1n) is 7.22. The van der Waals surface area contributed by atoms with E-state index in [9.17, 15) is 4.79 Å². The Morgan fingerprint density at radius 2 is 2.00 bits per heavy atom. The number of nitrogens with zero attached hydrogens (tertiary/aromatic N) is 1. The number of nitrogens with one attached hydrogen (secondary N) is 2. The molecule has 23 heavy (non-hydrogen) atoms. The Hall–Kier alpha value is -2.05. The number of aromatic nitrogens is 1. The van der Waals surface area contributed by atoms with Crippen molar-refractivity contribution in [3.63, 3.8) is 0 Å². The maximum atomic E-state index is 11.9. The fourth-order valence-electron chi connectivity index (χ4n) is 2.25. The van der Waals surface area contributed by atoms with Gasteiger partial charge in [0.05, 0.1) is 16.0 Å². The van der Waals surface area contributed by atoms with E-state index in [4.69, 9.17) is 0 Å². The fraction of sp³-hybridized carbons (Fsp3) is 0.176. The summed E-state index contributed by atoms with van der Waals surface area (Å²) >= 11 is 3.05. The number of rotatable bonds is 5. The van der Waals surface area contributed by atoms with Gasteiger partial charge in [-0.15, -0.1) is 11.8 Å². The second-order valence-corrected chi connectivity index (χ2v) is 7.27. The highest BCUT2D eigenvalue weighted by molar-refractivity contribution is 8.00. The fourth-order valence-corrected chi connectivity index (χ4v) is 3.84. The molecule has 0 saturated carbocycles. The molecule has 0 saturated heterocycles. The third-order valence-electron chi connectivity index (χ3n) is 3.24. The smallest absolute Gasteiger partial charge is 0.248 e. The average Bonchev–Trinajstić information content (AvgIpc) is 2.95. The second-order valence-electron chi connectivity index (χ2n) is 5.22. The Bertz CT molecular complexity index is 830. The normalized spacial score (nSPS) is 10.7. The molecule has 4 nitrogen and oxygen atoms in total. The lowest BCUT2D eigenvalue weighted by Gasteiger charge is -2.05. The van der Waals surface area contributed by atoms with Gasteiger partial charge in [0.25, 0.3) is 0 Å². The van der Waals surface area contributed by atoms with Crippen LogP contribution in [0.1, 0.15) is 11.1 Å². The molecule has 118 valence electrons. The van der Waals surface area contributed by atoms with Crippen LogP contribution in [-0.4, -0.2) is 16.6 Å². The molecule has 3 aromatic rings. The third kappa shape index (κ3) is 4.03. The molecule has 0 fully saturated rings. The summed E-state index contributed by atoms with van der Waals surface area (Å²) in [6, 6.07) is 14.1. The van der Waals surface area contributed by atoms with Crippen LogP contribution in [0.15, 0.2) is 47.4 Å². The van der Waals surface area contributed by atoms with Crippen LogP contribution in [0.2, 0.25) is 0 Å². The number of amides is 1. The number of hydrogen-bond donors (Lipinski definition) is 2. The van der Waals surface area contributed by atoms with Crippen molar-refractivity contribution < 1.29 is 4.79 Å². The number of carbonyl (C=O) groups excluding carboxylic acids is 1. The van der Waals surface area contributed by atoms with Gasteiger partial charge in [-0.2, -0.15) is 0 Å².